The Bertz CT molecular complexity index is 950. The van der Waals surface area contributed by atoms with Gasteiger partial charge in [-0.05, 0) is 65.3 Å². The van der Waals surface area contributed by atoms with Gasteiger partial charge >= 0.3 is 6.01 Å². The van der Waals surface area contributed by atoms with Gasteiger partial charge in [0.15, 0.2) is 11.5 Å². The number of anilines is 1. The van der Waals surface area contributed by atoms with E-state index in [1.54, 1.807) is 54.9 Å². The molecule has 0 radical (unpaired) electrons. The van der Waals surface area contributed by atoms with Crippen molar-refractivity contribution < 1.29 is 19.0 Å². The highest BCUT2D eigenvalue weighted by molar-refractivity contribution is 9.10. The molecule has 0 fully saturated rings. The van der Waals surface area contributed by atoms with E-state index < -0.39 is 0 Å². The molecule has 1 amide bonds. The van der Waals surface area contributed by atoms with Gasteiger partial charge < -0.3 is 19.5 Å². The number of amides is 1. The number of nitrogens with zero attached hydrogens (tertiary/aromatic N) is 2. The van der Waals surface area contributed by atoms with Gasteiger partial charge in [-0.3, -0.25) is 4.79 Å². The SMILES string of the molecule is CCOc1c(Br)cc(C(=O)Nc2ccc(Oc3ncccn3)cc2)cc1OC. The number of carbonyl (C=O) groups is 1. The lowest BCUT2D eigenvalue weighted by Crippen LogP contribution is -2.12. The molecule has 0 atom stereocenters. The van der Waals surface area contributed by atoms with Gasteiger partial charge in [-0.15, -0.1) is 0 Å². The molecule has 0 spiro atoms. The van der Waals surface area contributed by atoms with Crippen molar-refractivity contribution in [3.63, 3.8) is 0 Å². The molecule has 0 aliphatic heterocycles. The molecule has 1 aromatic heterocycles. The smallest absolute Gasteiger partial charge is 0.321 e. The molecule has 8 heteroatoms. The zero-order chi connectivity index (χ0) is 19.9. The Labute approximate surface area is 170 Å². The number of aromatic nitrogens is 2. The second-order valence-corrected chi connectivity index (χ2v) is 6.39. The van der Waals surface area contributed by atoms with Gasteiger partial charge in [-0.1, -0.05) is 0 Å². The molecule has 144 valence electrons. The van der Waals surface area contributed by atoms with E-state index in [1.165, 1.54) is 7.11 Å². The molecule has 28 heavy (non-hydrogen) atoms. The van der Waals surface area contributed by atoms with Crippen LogP contribution >= 0.6 is 15.9 Å². The Morgan fingerprint density at radius 2 is 1.86 bits per heavy atom. The highest BCUT2D eigenvalue weighted by Gasteiger charge is 2.15. The zero-order valence-corrected chi connectivity index (χ0v) is 16.9. The quantitative estimate of drug-likeness (QED) is 0.570. The maximum atomic E-state index is 12.6. The Morgan fingerprint density at radius 3 is 2.50 bits per heavy atom. The van der Waals surface area contributed by atoms with Crippen molar-refractivity contribution in [1.82, 2.24) is 9.97 Å². The highest BCUT2D eigenvalue weighted by atomic mass is 79.9. The van der Waals surface area contributed by atoms with E-state index in [2.05, 4.69) is 31.2 Å². The van der Waals surface area contributed by atoms with Crippen molar-refractivity contribution in [2.24, 2.45) is 0 Å². The van der Waals surface area contributed by atoms with Crippen LogP contribution in [0.2, 0.25) is 0 Å². The van der Waals surface area contributed by atoms with Gasteiger partial charge in [0.1, 0.15) is 5.75 Å². The van der Waals surface area contributed by atoms with Crippen LogP contribution in [0.3, 0.4) is 0 Å². The number of carbonyl (C=O) groups excluding carboxylic acids is 1. The summed E-state index contributed by atoms with van der Waals surface area (Å²) in [5.74, 6) is 1.33. The molecule has 1 heterocycles. The van der Waals surface area contributed by atoms with E-state index in [0.29, 0.717) is 39.6 Å². The second-order valence-electron chi connectivity index (χ2n) is 5.53. The molecule has 3 aromatic rings. The number of methoxy groups -OCH3 is 1. The molecule has 0 aliphatic rings. The van der Waals surface area contributed by atoms with E-state index in [9.17, 15) is 4.79 Å². The summed E-state index contributed by atoms with van der Waals surface area (Å²) in [6.07, 6.45) is 3.19. The summed E-state index contributed by atoms with van der Waals surface area (Å²) < 4.78 is 17.1. The summed E-state index contributed by atoms with van der Waals surface area (Å²) in [6.45, 7) is 2.37. The summed E-state index contributed by atoms with van der Waals surface area (Å²) in [5.41, 5.74) is 1.06. The average Bonchev–Trinajstić information content (AvgIpc) is 2.71. The number of nitrogens with one attached hydrogen (secondary N) is 1. The first-order chi connectivity index (χ1) is 13.6. The zero-order valence-electron chi connectivity index (χ0n) is 15.3. The minimum absolute atomic E-state index is 0.255. The van der Waals surface area contributed by atoms with Gasteiger partial charge in [-0.2, -0.15) is 0 Å². The normalized spacial score (nSPS) is 10.2. The third-order valence-corrected chi connectivity index (χ3v) is 4.23. The van der Waals surface area contributed by atoms with Crippen LogP contribution in [0.25, 0.3) is 0 Å². The molecule has 0 saturated carbocycles. The van der Waals surface area contributed by atoms with E-state index in [-0.39, 0.29) is 11.9 Å². The third-order valence-electron chi connectivity index (χ3n) is 3.64. The predicted molar refractivity (Wildman–Crippen MR) is 108 cm³/mol. The minimum Gasteiger partial charge on any atom is -0.493 e. The van der Waals surface area contributed by atoms with Crippen molar-refractivity contribution in [2.45, 2.75) is 6.92 Å². The van der Waals surface area contributed by atoms with E-state index in [4.69, 9.17) is 14.2 Å². The maximum Gasteiger partial charge on any atom is 0.321 e. The summed E-state index contributed by atoms with van der Waals surface area (Å²) >= 11 is 3.42. The lowest BCUT2D eigenvalue weighted by molar-refractivity contribution is 0.102. The Hall–Kier alpha value is -3.13. The summed E-state index contributed by atoms with van der Waals surface area (Å²) in [5, 5.41) is 2.84. The fourth-order valence-corrected chi connectivity index (χ4v) is 2.94. The van der Waals surface area contributed by atoms with Crippen LogP contribution in [0, 0.1) is 0 Å². The fourth-order valence-electron chi connectivity index (χ4n) is 2.39. The standard InChI is InChI=1S/C20H18BrN3O4/c1-3-27-18-16(21)11-13(12-17(18)26-2)19(25)24-14-5-7-15(8-6-14)28-20-22-9-4-10-23-20/h4-12H,3H2,1-2H3,(H,24,25). The van der Waals surface area contributed by atoms with Gasteiger partial charge in [-0.25, -0.2) is 9.97 Å². The topological polar surface area (TPSA) is 82.6 Å². The number of rotatable bonds is 7. The maximum absolute atomic E-state index is 12.6. The molecule has 2 aromatic carbocycles. The van der Waals surface area contributed by atoms with E-state index in [1.807, 2.05) is 6.92 Å². The van der Waals surface area contributed by atoms with Crippen LogP contribution in [0.5, 0.6) is 23.3 Å². The molecule has 0 saturated heterocycles. The van der Waals surface area contributed by atoms with Crippen LogP contribution in [0.1, 0.15) is 17.3 Å². The van der Waals surface area contributed by atoms with Gasteiger partial charge in [0, 0.05) is 23.6 Å². The number of hydrogen-bond donors (Lipinski definition) is 1. The van der Waals surface area contributed by atoms with Gasteiger partial charge in [0.2, 0.25) is 0 Å². The first-order valence-electron chi connectivity index (χ1n) is 8.47. The van der Waals surface area contributed by atoms with Crippen molar-refractivity contribution in [1.29, 1.82) is 0 Å². The molecule has 0 aliphatic carbocycles. The van der Waals surface area contributed by atoms with Crippen molar-refractivity contribution >= 4 is 27.5 Å². The second kappa shape index (κ2) is 9.18. The molecule has 0 unspecified atom stereocenters. The lowest BCUT2D eigenvalue weighted by atomic mass is 10.1. The van der Waals surface area contributed by atoms with E-state index in [0.717, 1.165) is 0 Å². The molecular formula is C20H18BrN3O4. The van der Waals surface area contributed by atoms with Gasteiger partial charge in [0.05, 0.1) is 18.2 Å². The summed E-state index contributed by atoms with van der Waals surface area (Å²) in [7, 11) is 1.53. The summed E-state index contributed by atoms with van der Waals surface area (Å²) in [4.78, 5) is 20.6. The molecule has 1 N–H and O–H groups in total. The minimum atomic E-state index is -0.276. The van der Waals surface area contributed by atoms with Crippen LogP contribution in [-0.2, 0) is 0 Å². The third kappa shape index (κ3) is 4.77. The van der Waals surface area contributed by atoms with Crippen LogP contribution in [0.15, 0.2) is 59.3 Å². The largest absolute Gasteiger partial charge is 0.493 e. The lowest BCUT2D eigenvalue weighted by Gasteiger charge is -2.13. The summed E-state index contributed by atoms with van der Waals surface area (Å²) in [6, 6.07) is 12.2. The monoisotopic (exact) mass is 443 g/mol. The molecule has 7 nitrogen and oxygen atoms in total. The Kier molecular flexibility index (Phi) is 6.44. The van der Waals surface area contributed by atoms with Crippen LogP contribution in [0.4, 0.5) is 5.69 Å². The first-order valence-corrected chi connectivity index (χ1v) is 9.26. The van der Waals surface area contributed by atoms with Crippen molar-refractivity contribution in [3.05, 3.63) is 64.9 Å². The van der Waals surface area contributed by atoms with E-state index >= 15 is 0 Å². The van der Waals surface area contributed by atoms with Crippen LogP contribution < -0.4 is 19.5 Å². The Balaban J connectivity index is 1.71. The number of hydrogen-bond acceptors (Lipinski definition) is 6. The Morgan fingerprint density at radius 1 is 1.14 bits per heavy atom. The van der Waals surface area contributed by atoms with Crippen molar-refractivity contribution in [3.8, 4) is 23.3 Å². The molecule has 0 bridgehead atoms. The molecule has 3 rings (SSSR count). The number of halogens is 1. The van der Waals surface area contributed by atoms with Crippen LogP contribution in [-0.4, -0.2) is 29.6 Å². The number of benzene rings is 2. The highest BCUT2D eigenvalue weighted by Crippen LogP contribution is 2.36. The van der Waals surface area contributed by atoms with Gasteiger partial charge in [0.25, 0.3) is 5.91 Å². The fraction of sp³-hybridized carbons (Fsp3) is 0.150. The first kappa shape index (κ1) is 19.6. The van der Waals surface area contributed by atoms with Crippen molar-refractivity contribution in [2.75, 3.05) is 19.0 Å². The average molecular weight is 444 g/mol. The molecular weight excluding hydrogens is 426 g/mol. The number of ether oxygens (including phenoxy) is 3. The predicted octanol–water partition coefficient (Wildman–Crippen LogP) is 4.69.